The molecule has 0 aliphatic carbocycles. The zero-order valence-electron chi connectivity index (χ0n) is 7.34. The summed E-state index contributed by atoms with van der Waals surface area (Å²) in [5.41, 5.74) is 0.463. The predicted molar refractivity (Wildman–Crippen MR) is 45.4 cm³/mol. The van der Waals surface area contributed by atoms with Gasteiger partial charge >= 0.3 is 0 Å². The lowest BCUT2D eigenvalue weighted by molar-refractivity contribution is 0.413. The summed E-state index contributed by atoms with van der Waals surface area (Å²) < 4.78 is 31.0. The fraction of sp³-hybridized carbons (Fsp3) is 0.100. The molecule has 71 valence electrons. The van der Waals surface area contributed by atoms with Crippen molar-refractivity contribution >= 4 is 0 Å². The summed E-state index contributed by atoms with van der Waals surface area (Å²) in [5, 5.41) is 3.50. The Morgan fingerprint density at radius 1 is 1.29 bits per heavy atom. The van der Waals surface area contributed by atoms with Gasteiger partial charge in [0.05, 0.1) is 5.56 Å². The number of benzene rings is 1. The van der Waals surface area contributed by atoms with Crippen LogP contribution < -0.4 is 0 Å². The third kappa shape index (κ3) is 1.28. The van der Waals surface area contributed by atoms with Gasteiger partial charge in [-0.3, -0.25) is 0 Å². The van der Waals surface area contributed by atoms with Crippen LogP contribution in [0.15, 0.2) is 22.7 Å². The van der Waals surface area contributed by atoms with Crippen LogP contribution in [0.4, 0.5) is 8.78 Å². The van der Waals surface area contributed by atoms with Gasteiger partial charge in [-0.1, -0.05) is 11.2 Å². The molecule has 0 saturated heterocycles. The quantitative estimate of drug-likeness (QED) is 0.697. The summed E-state index contributed by atoms with van der Waals surface area (Å²) in [5.74, 6) is -1.31. The van der Waals surface area contributed by atoms with Crippen molar-refractivity contribution in [1.29, 1.82) is 0 Å². The molecule has 2 rings (SSSR count). The number of hydrogen-bond acceptors (Lipinski definition) is 2. The maximum atomic E-state index is 13.3. The molecule has 1 aromatic carbocycles. The lowest BCUT2D eigenvalue weighted by Crippen LogP contribution is -1.91. The van der Waals surface area contributed by atoms with Gasteiger partial charge in [-0.2, -0.15) is 0 Å². The normalized spacial score (nSPS) is 10.5. The second kappa shape index (κ2) is 3.21. The van der Waals surface area contributed by atoms with Crippen molar-refractivity contribution < 1.29 is 13.3 Å². The minimum atomic E-state index is -0.657. The van der Waals surface area contributed by atoms with Crippen molar-refractivity contribution in [2.24, 2.45) is 0 Å². The first-order chi connectivity index (χ1) is 6.70. The van der Waals surface area contributed by atoms with Crippen LogP contribution in [-0.2, 0) is 0 Å². The van der Waals surface area contributed by atoms with E-state index in [4.69, 9.17) is 0 Å². The van der Waals surface area contributed by atoms with E-state index in [0.29, 0.717) is 5.56 Å². The van der Waals surface area contributed by atoms with E-state index in [2.05, 4.69) is 15.9 Å². The second-order valence-corrected chi connectivity index (χ2v) is 2.85. The Balaban J connectivity index is 2.68. The average Bonchev–Trinajstić information content (AvgIpc) is 2.52. The molecule has 2 aromatic rings. The van der Waals surface area contributed by atoms with E-state index < -0.39 is 11.6 Å². The first kappa shape index (κ1) is 8.87. The highest BCUT2D eigenvalue weighted by molar-refractivity contribution is 5.63. The maximum absolute atomic E-state index is 13.3. The van der Waals surface area contributed by atoms with Crippen LogP contribution in [0.3, 0.4) is 0 Å². The smallest absolute Gasteiger partial charge is 0.208 e. The Hall–Kier alpha value is -1.71. The van der Waals surface area contributed by atoms with Crippen LogP contribution in [0.25, 0.3) is 11.3 Å². The third-order valence-corrected chi connectivity index (χ3v) is 1.89. The van der Waals surface area contributed by atoms with Gasteiger partial charge in [0.15, 0.2) is 0 Å². The monoisotopic (exact) mass is 194 g/mol. The van der Waals surface area contributed by atoms with Crippen LogP contribution in [0, 0.1) is 24.8 Å². The molecule has 0 atom stereocenters. The molecule has 0 N–H and O–H groups in total. The molecular formula is C10H6F2NO. The van der Waals surface area contributed by atoms with Gasteiger partial charge in [0.25, 0.3) is 0 Å². The minimum Gasteiger partial charge on any atom is -0.352 e. The predicted octanol–water partition coefficient (Wildman–Crippen LogP) is 2.73. The Morgan fingerprint density at radius 2 is 1.93 bits per heavy atom. The first-order valence-corrected chi connectivity index (χ1v) is 3.98. The van der Waals surface area contributed by atoms with Crippen LogP contribution in [-0.4, -0.2) is 5.16 Å². The number of aromatic nitrogens is 1. The lowest BCUT2D eigenvalue weighted by Gasteiger charge is -2.00. The Morgan fingerprint density at radius 3 is 2.43 bits per heavy atom. The van der Waals surface area contributed by atoms with E-state index in [-0.39, 0.29) is 11.3 Å². The van der Waals surface area contributed by atoms with E-state index in [0.717, 1.165) is 0 Å². The van der Waals surface area contributed by atoms with E-state index in [1.54, 1.807) is 6.92 Å². The topological polar surface area (TPSA) is 26.0 Å². The van der Waals surface area contributed by atoms with Gasteiger partial charge in [0.1, 0.15) is 17.3 Å². The number of rotatable bonds is 1. The van der Waals surface area contributed by atoms with Gasteiger partial charge in [0, 0.05) is 5.56 Å². The number of halogens is 2. The van der Waals surface area contributed by atoms with Crippen LogP contribution in [0.1, 0.15) is 5.56 Å². The van der Waals surface area contributed by atoms with Gasteiger partial charge in [-0.15, -0.1) is 0 Å². The molecule has 0 aliphatic rings. The van der Waals surface area contributed by atoms with Crippen LogP contribution >= 0.6 is 0 Å². The van der Waals surface area contributed by atoms with Crippen LogP contribution in [0.5, 0.6) is 0 Å². The SMILES string of the molecule is Cc1[c]onc1-c1c(F)cccc1F. The van der Waals surface area contributed by atoms with Crippen molar-refractivity contribution in [2.45, 2.75) is 6.92 Å². The minimum absolute atomic E-state index is 0.153. The molecule has 4 heteroatoms. The highest BCUT2D eigenvalue weighted by Crippen LogP contribution is 2.26. The molecule has 14 heavy (non-hydrogen) atoms. The molecule has 1 radical (unpaired) electrons. The van der Waals surface area contributed by atoms with E-state index in [9.17, 15) is 8.78 Å². The lowest BCUT2D eigenvalue weighted by atomic mass is 10.1. The van der Waals surface area contributed by atoms with Gasteiger partial charge in [0.2, 0.25) is 6.26 Å². The Kier molecular flexibility index (Phi) is 2.04. The highest BCUT2D eigenvalue weighted by Gasteiger charge is 2.16. The summed E-state index contributed by atoms with van der Waals surface area (Å²) in [6.07, 6.45) is 2.40. The molecule has 0 amide bonds. The Bertz CT molecular complexity index is 445. The van der Waals surface area contributed by atoms with Crippen molar-refractivity contribution in [3.63, 3.8) is 0 Å². The van der Waals surface area contributed by atoms with E-state index in [1.165, 1.54) is 18.2 Å². The molecule has 0 fully saturated rings. The van der Waals surface area contributed by atoms with E-state index >= 15 is 0 Å². The average molecular weight is 194 g/mol. The molecule has 0 bridgehead atoms. The zero-order valence-corrected chi connectivity index (χ0v) is 7.34. The standard InChI is InChI=1S/C10H6F2NO/c1-6-5-14-13-10(6)9-7(11)3-2-4-8(9)12/h2-4H,1H3. The van der Waals surface area contributed by atoms with Gasteiger partial charge in [-0.25, -0.2) is 8.78 Å². The second-order valence-electron chi connectivity index (χ2n) is 2.85. The zero-order chi connectivity index (χ0) is 10.1. The Labute approximate surface area is 79.1 Å². The molecule has 1 heterocycles. The highest BCUT2D eigenvalue weighted by atomic mass is 19.1. The van der Waals surface area contributed by atoms with Crippen molar-refractivity contribution in [2.75, 3.05) is 0 Å². The summed E-state index contributed by atoms with van der Waals surface area (Å²) in [6, 6.07) is 3.65. The molecule has 0 unspecified atom stereocenters. The van der Waals surface area contributed by atoms with Gasteiger partial charge in [-0.05, 0) is 19.1 Å². The fourth-order valence-corrected chi connectivity index (χ4v) is 1.21. The molecule has 2 nitrogen and oxygen atoms in total. The summed E-state index contributed by atoms with van der Waals surface area (Å²) >= 11 is 0. The largest absolute Gasteiger partial charge is 0.352 e. The summed E-state index contributed by atoms with van der Waals surface area (Å²) in [4.78, 5) is 0. The van der Waals surface area contributed by atoms with E-state index in [1.807, 2.05) is 0 Å². The molecule has 0 saturated carbocycles. The third-order valence-electron chi connectivity index (χ3n) is 1.89. The number of nitrogens with zero attached hydrogens (tertiary/aromatic N) is 1. The summed E-state index contributed by atoms with van der Waals surface area (Å²) in [6.45, 7) is 1.62. The maximum Gasteiger partial charge on any atom is 0.208 e. The first-order valence-electron chi connectivity index (χ1n) is 3.98. The molecule has 1 aromatic heterocycles. The number of hydrogen-bond donors (Lipinski definition) is 0. The summed E-state index contributed by atoms with van der Waals surface area (Å²) in [7, 11) is 0. The molecule has 0 aliphatic heterocycles. The number of aryl methyl sites for hydroxylation is 1. The molecule has 0 spiro atoms. The van der Waals surface area contributed by atoms with Gasteiger partial charge < -0.3 is 4.52 Å². The van der Waals surface area contributed by atoms with Crippen LogP contribution in [0.2, 0.25) is 0 Å². The van der Waals surface area contributed by atoms with Crippen molar-refractivity contribution in [1.82, 2.24) is 5.16 Å². The van der Waals surface area contributed by atoms with Crippen molar-refractivity contribution in [3.05, 3.63) is 41.7 Å². The molecular weight excluding hydrogens is 188 g/mol. The van der Waals surface area contributed by atoms with Crippen molar-refractivity contribution in [3.8, 4) is 11.3 Å². The fourth-order valence-electron chi connectivity index (χ4n) is 1.21.